The Morgan fingerprint density at radius 3 is 2.41 bits per heavy atom. The van der Waals surface area contributed by atoms with Crippen LogP contribution in [0.1, 0.15) is 6.42 Å². The molecule has 0 spiro atoms. The van der Waals surface area contributed by atoms with Gasteiger partial charge in [-0.25, -0.2) is 9.97 Å². The summed E-state index contributed by atoms with van der Waals surface area (Å²) in [6.07, 6.45) is 3.87. The monoisotopic (exact) mass is 439 g/mol. The Morgan fingerprint density at radius 1 is 1.16 bits per heavy atom. The van der Waals surface area contributed by atoms with Crippen molar-refractivity contribution in [3.05, 3.63) is 42.7 Å². The van der Waals surface area contributed by atoms with Gasteiger partial charge in [-0.3, -0.25) is 9.59 Å². The highest BCUT2D eigenvalue weighted by atomic mass is 16.5. The number of methoxy groups -OCH3 is 1. The summed E-state index contributed by atoms with van der Waals surface area (Å²) in [5.74, 6) is -1.07. The zero-order valence-corrected chi connectivity index (χ0v) is 18.2. The third kappa shape index (κ3) is 4.31. The van der Waals surface area contributed by atoms with E-state index < -0.39 is 17.3 Å². The molecule has 170 valence electrons. The van der Waals surface area contributed by atoms with E-state index >= 15 is 0 Å². The number of aliphatic carboxylic acids is 1. The molecule has 1 aromatic carbocycles. The molecule has 1 amide bonds. The van der Waals surface area contributed by atoms with Crippen molar-refractivity contribution in [3.63, 3.8) is 0 Å². The number of hydrogen-bond donors (Lipinski definition) is 2. The molecular weight excluding hydrogens is 410 g/mol. The van der Waals surface area contributed by atoms with E-state index in [1.165, 1.54) is 7.11 Å². The average molecular weight is 440 g/mol. The zero-order chi connectivity index (χ0) is 22.6. The summed E-state index contributed by atoms with van der Waals surface area (Å²) in [6, 6.07) is 9.87. The third-order valence-electron chi connectivity index (χ3n) is 6.56. The van der Waals surface area contributed by atoms with Crippen LogP contribution in [-0.2, 0) is 14.3 Å². The molecule has 0 saturated carbocycles. The van der Waals surface area contributed by atoms with Gasteiger partial charge in [0.1, 0.15) is 0 Å². The van der Waals surface area contributed by atoms with Crippen LogP contribution >= 0.6 is 0 Å². The summed E-state index contributed by atoms with van der Waals surface area (Å²) in [6.45, 7) is 3.46. The zero-order valence-electron chi connectivity index (χ0n) is 18.2. The number of nitrogens with zero attached hydrogens (tertiary/aromatic N) is 4. The van der Waals surface area contributed by atoms with Gasteiger partial charge in [-0.2, -0.15) is 0 Å². The van der Waals surface area contributed by atoms with Gasteiger partial charge in [0.2, 0.25) is 5.91 Å². The Labute approximate surface area is 187 Å². The van der Waals surface area contributed by atoms with Gasteiger partial charge in [-0.1, -0.05) is 0 Å². The van der Waals surface area contributed by atoms with Gasteiger partial charge in [0.15, 0.2) is 5.82 Å². The lowest BCUT2D eigenvalue weighted by Gasteiger charge is -2.40. The first-order valence-corrected chi connectivity index (χ1v) is 10.9. The minimum Gasteiger partial charge on any atom is -0.481 e. The molecule has 2 atom stereocenters. The van der Waals surface area contributed by atoms with Crippen molar-refractivity contribution in [2.24, 2.45) is 11.3 Å². The number of aromatic nitrogens is 2. The van der Waals surface area contributed by atoms with Crippen molar-refractivity contribution in [1.29, 1.82) is 0 Å². The summed E-state index contributed by atoms with van der Waals surface area (Å²) in [5, 5.41) is 13.0. The number of rotatable bonds is 7. The fourth-order valence-corrected chi connectivity index (χ4v) is 4.65. The average Bonchev–Trinajstić information content (AvgIpc) is 3.34. The number of piperazine rings is 1. The van der Waals surface area contributed by atoms with Crippen LogP contribution in [0.3, 0.4) is 0 Å². The Morgan fingerprint density at radius 2 is 1.84 bits per heavy atom. The first kappa shape index (κ1) is 22.2. The molecule has 0 radical (unpaired) electrons. The molecule has 9 heteroatoms. The van der Waals surface area contributed by atoms with Crippen molar-refractivity contribution in [1.82, 2.24) is 20.2 Å². The van der Waals surface area contributed by atoms with Crippen molar-refractivity contribution >= 4 is 17.6 Å². The van der Waals surface area contributed by atoms with Crippen molar-refractivity contribution in [2.45, 2.75) is 6.42 Å². The number of carbonyl (C=O) groups excluding carboxylic acids is 1. The number of hydrogen-bond acceptors (Lipinski definition) is 7. The normalized spacial score (nSPS) is 22.0. The van der Waals surface area contributed by atoms with E-state index in [2.05, 4.69) is 20.2 Å². The second-order valence-electron chi connectivity index (χ2n) is 8.33. The van der Waals surface area contributed by atoms with Gasteiger partial charge < -0.3 is 25.0 Å². The van der Waals surface area contributed by atoms with Crippen molar-refractivity contribution in [3.8, 4) is 11.4 Å². The lowest BCUT2D eigenvalue weighted by molar-refractivity contribution is -0.161. The molecule has 4 rings (SSSR count). The van der Waals surface area contributed by atoms with Crippen LogP contribution in [0.25, 0.3) is 11.4 Å². The molecule has 2 aromatic rings. The van der Waals surface area contributed by atoms with E-state index in [-0.39, 0.29) is 12.5 Å². The van der Waals surface area contributed by atoms with Gasteiger partial charge in [-0.05, 0) is 43.3 Å². The van der Waals surface area contributed by atoms with Crippen LogP contribution in [0.5, 0.6) is 0 Å². The molecule has 1 aromatic heterocycles. The number of carbonyl (C=O) groups is 2. The van der Waals surface area contributed by atoms with Gasteiger partial charge >= 0.3 is 5.97 Å². The topological polar surface area (TPSA) is 108 Å². The molecule has 2 N–H and O–H groups in total. The number of ether oxygens (including phenoxy) is 1. The van der Waals surface area contributed by atoms with Crippen LogP contribution in [0.2, 0.25) is 0 Å². The number of benzene rings is 1. The molecule has 2 saturated heterocycles. The van der Waals surface area contributed by atoms with Crippen LogP contribution < -0.4 is 10.2 Å². The summed E-state index contributed by atoms with van der Waals surface area (Å²) in [7, 11) is 1.51. The Hall–Kier alpha value is -3.04. The SMILES string of the molecule is COCC(C(=O)N1CCN(c2ccc(-c3ncccn3)cc2)CC1)C1(C(=O)O)CCNC1. The maximum absolute atomic E-state index is 13.4. The van der Waals surface area contributed by atoms with E-state index in [1.807, 2.05) is 24.3 Å². The minimum atomic E-state index is -1.11. The molecule has 32 heavy (non-hydrogen) atoms. The largest absolute Gasteiger partial charge is 0.481 e. The predicted molar refractivity (Wildman–Crippen MR) is 119 cm³/mol. The molecular formula is C23H29N5O4. The van der Waals surface area contributed by atoms with Crippen LogP contribution in [0, 0.1) is 11.3 Å². The van der Waals surface area contributed by atoms with Crippen molar-refractivity contribution < 1.29 is 19.4 Å². The van der Waals surface area contributed by atoms with Crippen LogP contribution in [0.15, 0.2) is 42.7 Å². The molecule has 0 bridgehead atoms. The Bertz CT molecular complexity index is 923. The van der Waals surface area contributed by atoms with E-state index in [1.54, 1.807) is 23.4 Å². The summed E-state index contributed by atoms with van der Waals surface area (Å²) in [4.78, 5) is 38.0. The number of nitrogens with one attached hydrogen (secondary N) is 1. The number of carboxylic acids is 1. The maximum atomic E-state index is 13.4. The minimum absolute atomic E-state index is 0.107. The Kier molecular flexibility index (Phi) is 6.66. The molecule has 9 nitrogen and oxygen atoms in total. The van der Waals surface area contributed by atoms with Gasteiger partial charge in [-0.15, -0.1) is 0 Å². The standard InChI is InChI=1S/C23H29N5O4/c1-32-15-19(23(22(30)31)7-10-24-16-23)21(29)28-13-11-27(12-14-28)18-5-3-17(4-6-18)20-25-8-2-9-26-20/h2-6,8-9,19,24H,7,10-16H2,1H3,(H,30,31). The van der Waals surface area contributed by atoms with Crippen molar-refractivity contribution in [2.75, 3.05) is 57.9 Å². The second kappa shape index (κ2) is 9.62. The summed E-state index contributed by atoms with van der Waals surface area (Å²) >= 11 is 0. The summed E-state index contributed by atoms with van der Waals surface area (Å²) in [5.41, 5.74) is 0.918. The van der Waals surface area contributed by atoms with E-state index in [0.29, 0.717) is 51.5 Å². The molecule has 0 aliphatic carbocycles. The van der Waals surface area contributed by atoms with Gasteiger partial charge in [0.25, 0.3) is 0 Å². The lowest BCUT2D eigenvalue weighted by Crippen LogP contribution is -2.55. The molecule has 2 aliphatic heterocycles. The number of anilines is 1. The molecule has 2 fully saturated rings. The molecule has 2 unspecified atom stereocenters. The predicted octanol–water partition coefficient (Wildman–Crippen LogP) is 1.12. The highest BCUT2D eigenvalue weighted by Gasteiger charge is 2.52. The van der Waals surface area contributed by atoms with Crippen LogP contribution in [0.4, 0.5) is 5.69 Å². The van der Waals surface area contributed by atoms with Crippen LogP contribution in [-0.4, -0.2) is 84.8 Å². The number of carboxylic acid groups (broad SMARTS) is 1. The van der Waals surface area contributed by atoms with Gasteiger partial charge in [0, 0.05) is 63.5 Å². The highest BCUT2D eigenvalue weighted by Crippen LogP contribution is 2.36. The quantitative estimate of drug-likeness (QED) is 0.661. The Balaban J connectivity index is 1.41. The second-order valence-corrected chi connectivity index (χ2v) is 8.33. The lowest BCUT2D eigenvalue weighted by atomic mass is 9.74. The maximum Gasteiger partial charge on any atom is 0.311 e. The first-order chi connectivity index (χ1) is 15.5. The molecule has 2 aliphatic rings. The first-order valence-electron chi connectivity index (χ1n) is 10.9. The van der Waals surface area contributed by atoms with E-state index in [9.17, 15) is 14.7 Å². The van der Waals surface area contributed by atoms with E-state index in [0.717, 1.165) is 11.3 Å². The fourth-order valence-electron chi connectivity index (χ4n) is 4.65. The third-order valence-corrected chi connectivity index (χ3v) is 6.56. The van der Waals surface area contributed by atoms with Gasteiger partial charge in [0.05, 0.1) is 17.9 Å². The van der Waals surface area contributed by atoms with E-state index in [4.69, 9.17) is 4.74 Å². The smallest absolute Gasteiger partial charge is 0.311 e. The number of amides is 1. The fraction of sp³-hybridized carbons (Fsp3) is 0.478. The molecule has 3 heterocycles. The highest BCUT2D eigenvalue weighted by molar-refractivity contribution is 5.88. The summed E-state index contributed by atoms with van der Waals surface area (Å²) < 4.78 is 5.28.